The van der Waals surface area contributed by atoms with E-state index in [0.29, 0.717) is 18.5 Å². The van der Waals surface area contributed by atoms with Crippen LogP contribution in [-0.4, -0.2) is 15.9 Å². The molecule has 0 bridgehead atoms. The largest absolute Gasteiger partial charge is 0.322 e. The number of nitrogens with one attached hydrogen (secondary N) is 1. The summed E-state index contributed by atoms with van der Waals surface area (Å²) in [6, 6.07) is 9.78. The molecule has 0 aliphatic heterocycles. The van der Waals surface area contributed by atoms with Gasteiger partial charge in [0, 0.05) is 6.42 Å². The van der Waals surface area contributed by atoms with Crippen LogP contribution < -0.4 is 5.32 Å². The van der Waals surface area contributed by atoms with Gasteiger partial charge in [-0.1, -0.05) is 41.9 Å². The molecule has 1 aromatic carbocycles. The summed E-state index contributed by atoms with van der Waals surface area (Å²) in [6.07, 6.45) is 2.42. The van der Waals surface area contributed by atoms with Crippen molar-refractivity contribution in [3.8, 4) is 0 Å². The molecule has 19 heavy (non-hydrogen) atoms. The third-order valence-corrected chi connectivity index (χ3v) is 2.94. The van der Waals surface area contributed by atoms with Crippen molar-refractivity contribution in [1.82, 2.24) is 9.97 Å². The summed E-state index contributed by atoms with van der Waals surface area (Å²) in [4.78, 5) is 19.3. The molecule has 0 atom stereocenters. The minimum atomic E-state index is -0.142. The van der Waals surface area contributed by atoms with Crippen LogP contribution in [0.4, 0.5) is 5.69 Å². The number of benzene rings is 1. The van der Waals surface area contributed by atoms with Crippen molar-refractivity contribution in [2.45, 2.75) is 12.8 Å². The Labute approximate surface area is 120 Å². The molecule has 1 heterocycles. The van der Waals surface area contributed by atoms with Crippen LogP contribution in [0.2, 0.25) is 10.4 Å². The minimum Gasteiger partial charge on any atom is -0.322 e. The van der Waals surface area contributed by atoms with Gasteiger partial charge in [-0.3, -0.25) is 4.79 Å². The molecule has 98 valence electrons. The summed E-state index contributed by atoms with van der Waals surface area (Å²) in [7, 11) is 0. The molecule has 0 saturated heterocycles. The highest BCUT2D eigenvalue weighted by Crippen LogP contribution is 2.19. The van der Waals surface area contributed by atoms with Gasteiger partial charge >= 0.3 is 0 Å². The Bertz CT molecular complexity index is 575. The van der Waals surface area contributed by atoms with E-state index < -0.39 is 0 Å². The Kier molecular flexibility index (Phi) is 4.71. The molecular weight excluding hydrogens is 285 g/mol. The molecule has 6 heteroatoms. The Morgan fingerprint density at radius 3 is 2.63 bits per heavy atom. The second kappa shape index (κ2) is 6.50. The van der Waals surface area contributed by atoms with Gasteiger partial charge in [0.05, 0.1) is 11.9 Å². The number of hydrogen-bond acceptors (Lipinski definition) is 3. The molecule has 1 N–H and O–H groups in total. The lowest BCUT2D eigenvalue weighted by Gasteiger charge is -2.06. The lowest BCUT2D eigenvalue weighted by molar-refractivity contribution is -0.116. The predicted octanol–water partition coefficient (Wildman–Crippen LogP) is 3.35. The second-order valence-corrected chi connectivity index (χ2v) is 4.57. The normalized spacial score (nSPS) is 10.2. The third-order valence-electron chi connectivity index (χ3n) is 2.47. The van der Waals surface area contributed by atoms with Crippen molar-refractivity contribution < 1.29 is 4.79 Å². The standard InChI is InChI=1S/C13H11Cl2N3O/c14-12-10(8-16-13(15)18-12)17-11(19)7-6-9-4-2-1-3-5-9/h1-5,8H,6-7H2,(H,17,19). The highest BCUT2D eigenvalue weighted by molar-refractivity contribution is 6.34. The zero-order valence-corrected chi connectivity index (χ0v) is 11.4. The lowest BCUT2D eigenvalue weighted by Crippen LogP contribution is -2.13. The van der Waals surface area contributed by atoms with Gasteiger partial charge in [-0.15, -0.1) is 0 Å². The summed E-state index contributed by atoms with van der Waals surface area (Å²) in [5.41, 5.74) is 1.47. The van der Waals surface area contributed by atoms with E-state index in [1.54, 1.807) is 0 Å². The van der Waals surface area contributed by atoms with E-state index in [9.17, 15) is 4.79 Å². The summed E-state index contributed by atoms with van der Waals surface area (Å²) in [6.45, 7) is 0. The molecule has 0 fully saturated rings. The molecule has 0 aliphatic rings. The Morgan fingerprint density at radius 2 is 1.95 bits per heavy atom. The zero-order chi connectivity index (χ0) is 13.7. The van der Waals surface area contributed by atoms with Crippen LogP contribution in [0.5, 0.6) is 0 Å². The highest BCUT2D eigenvalue weighted by Gasteiger charge is 2.08. The number of halogens is 2. The van der Waals surface area contributed by atoms with Crippen molar-refractivity contribution in [1.29, 1.82) is 0 Å². The molecule has 0 spiro atoms. The molecular formula is C13H11Cl2N3O. The monoisotopic (exact) mass is 295 g/mol. The van der Waals surface area contributed by atoms with Gasteiger partial charge in [-0.05, 0) is 23.6 Å². The quantitative estimate of drug-likeness (QED) is 0.695. The first-order valence-electron chi connectivity index (χ1n) is 5.67. The molecule has 0 unspecified atom stereocenters. The molecule has 0 radical (unpaired) electrons. The zero-order valence-electron chi connectivity index (χ0n) is 9.94. The smallest absolute Gasteiger partial charge is 0.224 e. The van der Waals surface area contributed by atoms with E-state index in [-0.39, 0.29) is 16.3 Å². The number of aryl methyl sites for hydroxylation is 1. The van der Waals surface area contributed by atoms with Crippen molar-refractivity contribution in [2.75, 3.05) is 5.32 Å². The predicted molar refractivity (Wildman–Crippen MR) is 75.4 cm³/mol. The van der Waals surface area contributed by atoms with Crippen molar-refractivity contribution in [3.63, 3.8) is 0 Å². The van der Waals surface area contributed by atoms with Gasteiger partial charge in [0.2, 0.25) is 11.2 Å². The van der Waals surface area contributed by atoms with Gasteiger partial charge in [0.15, 0.2) is 5.15 Å². The van der Waals surface area contributed by atoms with Crippen LogP contribution in [0.15, 0.2) is 36.5 Å². The number of aromatic nitrogens is 2. The first kappa shape index (κ1) is 13.8. The fraction of sp³-hybridized carbons (Fsp3) is 0.154. The molecule has 1 aromatic heterocycles. The topological polar surface area (TPSA) is 54.9 Å². The highest BCUT2D eigenvalue weighted by atomic mass is 35.5. The van der Waals surface area contributed by atoms with Crippen LogP contribution >= 0.6 is 23.2 Å². The molecule has 2 rings (SSSR count). The van der Waals surface area contributed by atoms with Crippen molar-refractivity contribution >= 4 is 34.8 Å². The average Bonchev–Trinajstić information content (AvgIpc) is 2.41. The summed E-state index contributed by atoms with van der Waals surface area (Å²) >= 11 is 11.4. The Balaban J connectivity index is 1.91. The van der Waals surface area contributed by atoms with E-state index in [1.165, 1.54) is 6.20 Å². The third kappa shape index (κ3) is 4.19. The van der Waals surface area contributed by atoms with Gasteiger partial charge in [0.1, 0.15) is 0 Å². The minimum absolute atomic E-state index is 0.0484. The van der Waals surface area contributed by atoms with E-state index in [2.05, 4.69) is 15.3 Å². The maximum Gasteiger partial charge on any atom is 0.224 e. The van der Waals surface area contributed by atoms with Crippen LogP contribution in [0, 0.1) is 0 Å². The van der Waals surface area contributed by atoms with Crippen molar-refractivity contribution in [2.24, 2.45) is 0 Å². The number of amides is 1. The van der Waals surface area contributed by atoms with Crippen molar-refractivity contribution in [3.05, 3.63) is 52.5 Å². The molecule has 2 aromatic rings. The number of nitrogens with zero attached hydrogens (tertiary/aromatic N) is 2. The lowest BCUT2D eigenvalue weighted by atomic mass is 10.1. The summed E-state index contributed by atoms with van der Waals surface area (Å²) in [5, 5.41) is 2.83. The van der Waals surface area contributed by atoms with E-state index in [4.69, 9.17) is 23.2 Å². The van der Waals surface area contributed by atoms with E-state index in [0.717, 1.165) is 5.56 Å². The number of carbonyl (C=O) groups is 1. The molecule has 0 saturated carbocycles. The first-order chi connectivity index (χ1) is 9.15. The fourth-order valence-electron chi connectivity index (χ4n) is 1.54. The molecule has 4 nitrogen and oxygen atoms in total. The van der Waals surface area contributed by atoms with Gasteiger partial charge in [-0.25, -0.2) is 9.97 Å². The molecule has 0 aliphatic carbocycles. The Morgan fingerprint density at radius 1 is 1.21 bits per heavy atom. The SMILES string of the molecule is O=C(CCc1ccccc1)Nc1cnc(Cl)nc1Cl. The van der Waals surface area contributed by atoms with Crippen LogP contribution in [0.25, 0.3) is 0 Å². The summed E-state index contributed by atoms with van der Waals surface area (Å²) in [5.74, 6) is -0.142. The Hall–Kier alpha value is -1.65. The average molecular weight is 296 g/mol. The van der Waals surface area contributed by atoms with Gasteiger partial charge in [-0.2, -0.15) is 0 Å². The van der Waals surface area contributed by atoms with E-state index >= 15 is 0 Å². The maximum atomic E-state index is 11.8. The maximum absolute atomic E-state index is 11.8. The van der Waals surface area contributed by atoms with Crippen LogP contribution in [0.1, 0.15) is 12.0 Å². The van der Waals surface area contributed by atoms with Crippen LogP contribution in [0.3, 0.4) is 0 Å². The second-order valence-electron chi connectivity index (χ2n) is 3.88. The van der Waals surface area contributed by atoms with Gasteiger partial charge < -0.3 is 5.32 Å². The number of rotatable bonds is 4. The number of hydrogen-bond donors (Lipinski definition) is 1. The number of carbonyl (C=O) groups excluding carboxylic acids is 1. The summed E-state index contributed by atoms with van der Waals surface area (Å²) < 4.78 is 0. The van der Waals surface area contributed by atoms with Gasteiger partial charge in [0.25, 0.3) is 0 Å². The van der Waals surface area contributed by atoms with E-state index in [1.807, 2.05) is 30.3 Å². The fourth-order valence-corrected chi connectivity index (χ4v) is 1.89. The van der Waals surface area contributed by atoms with Crippen LogP contribution in [-0.2, 0) is 11.2 Å². The number of anilines is 1. The first-order valence-corrected chi connectivity index (χ1v) is 6.42. The molecule has 1 amide bonds.